The largest absolute Gasteiger partial charge is 0.508 e. The number of nitrogens with one attached hydrogen (secondary N) is 3. The maximum absolute atomic E-state index is 10.9. The lowest BCUT2D eigenvalue weighted by molar-refractivity contribution is -0.384. The molecule has 0 spiro atoms. The van der Waals surface area contributed by atoms with Gasteiger partial charge in [-0.25, -0.2) is 5.43 Å². The molecule has 0 saturated carbocycles. The van der Waals surface area contributed by atoms with E-state index in [0.717, 1.165) is 0 Å². The lowest BCUT2D eigenvalue weighted by atomic mass is 10.2. The Morgan fingerprint density at radius 2 is 1.47 bits per heavy atom. The van der Waals surface area contributed by atoms with Crippen LogP contribution in [0.1, 0.15) is 5.56 Å². The molecule has 0 unspecified atom stereocenters. The van der Waals surface area contributed by atoms with Gasteiger partial charge in [0.25, 0.3) is 5.69 Å². The zero-order valence-corrected chi connectivity index (χ0v) is 18.8. The monoisotopic (exact) mass is 488 g/mol. The van der Waals surface area contributed by atoms with Crippen LogP contribution >= 0.6 is 0 Å². The van der Waals surface area contributed by atoms with Crippen LogP contribution in [0, 0.1) is 10.1 Å². The SMILES string of the molecule is COc1ccc(Nc2nc(N/N=C/c3ccc(O)cc3O)nc(Nc3ccc([N+](=O)[O-])cc3)n2)cc1. The first kappa shape index (κ1) is 23.7. The number of benzene rings is 3. The summed E-state index contributed by atoms with van der Waals surface area (Å²) in [6, 6.07) is 17.0. The summed E-state index contributed by atoms with van der Waals surface area (Å²) in [6.45, 7) is 0. The molecule has 0 aliphatic rings. The molecule has 0 atom stereocenters. The summed E-state index contributed by atoms with van der Waals surface area (Å²) in [5, 5.41) is 40.3. The van der Waals surface area contributed by atoms with Gasteiger partial charge >= 0.3 is 0 Å². The van der Waals surface area contributed by atoms with E-state index in [1.807, 2.05) is 0 Å². The smallest absolute Gasteiger partial charge is 0.269 e. The number of methoxy groups -OCH3 is 1. The molecule has 1 heterocycles. The standard InChI is InChI=1S/C23H20N8O5/c1-36-19-10-5-16(6-11-19)26-22-27-21(25-15-3-7-17(8-4-15)31(34)35)28-23(29-22)30-24-13-14-2-9-18(32)12-20(14)33/h2-13,32-33H,1H3,(H3,25,26,27,28,29,30)/b24-13+. The fourth-order valence-corrected chi connectivity index (χ4v) is 2.94. The minimum Gasteiger partial charge on any atom is -0.508 e. The van der Waals surface area contributed by atoms with E-state index < -0.39 is 4.92 Å². The number of hydrazone groups is 1. The van der Waals surface area contributed by atoms with E-state index in [4.69, 9.17) is 4.74 Å². The number of aromatic nitrogens is 3. The van der Waals surface area contributed by atoms with Gasteiger partial charge in [-0.1, -0.05) is 0 Å². The Morgan fingerprint density at radius 3 is 2.03 bits per heavy atom. The van der Waals surface area contributed by atoms with Crippen molar-refractivity contribution in [1.29, 1.82) is 0 Å². The summed E-state index contributed by atoms with van der Waals surface area (Å²) >= 11 is 0. The zero-order chi connectivity index (χ0) is 25.5. The molecule has 0 fully saturated rings. The van der Waals surface area contributed by atoms with Gasteiger partial charge in [0, 0.05) is 35.1 Å². The number of phenols is 2. The minimum absolute atomic E-state index is 0.0489. The Bertz CT molecular complexity index is 1400. The molecule has 13 heteroatoms. The van der Waals surface area contributed by atoms with Crippen molar-refractivity contribution in [2.24, 2.45) is 5.10 Å². The average molecular weight is 488 g/mol. The second-order valence-corrected chi connectivity index (χ2v) is 7.20. The number of ether oxygens (including phenoxy) is 1. The summed E-state index contributed by atoms with van der Waals surface area (Å²) in [7, 11) is 1.57. The molecular weight excluding hydrogens is 468 g/mol. The minimum atomic E-state index is -0.491. The zero-order valence-electron chi connectivity index (χ0n) is 18.8. The molecule has 0 radical (unpaired) electrons. The van der Waals surface area contributed by atoms with Crippen molar-refractivity contribution in [2.75, 3.05) is 23.2 Å². The van der Waals surface area contributed by atoms with Gasteiger partial charge in [0.1, 0.15) is 17.2 Å². The highest BCUT2D eigenvalue weighted by Gasteiger charge is 2.10. The maximum Gasteiger partial charge on any atom is 0.269 e. The second kappa shape index (κ2) is 10.6. The van der Waals surface area contributed by atoms with Crippen LogP contribution in [0.2, 0.25) is 0 Å². The number of nitrogens with zero attached hydrogens (tertiary/aromatic N) is 5. The summed E-state index contributed by atoms with van der Waals surface area (Å²) < 4.78 is 5.16. The summed E-state index contributed by atoms with van der Waals surface area (Å²) in [5.41, 5.74) is 4.19. The van der Waals surface area contributed by atoms with E-state index in [1.54, 1.807) is 31.4 Å². The van der Waals surface area contributed by atoms with Crippen LogP contribution in [0.3, 0.4) is 0 Å². The van der Waals surface area contributed by atoms with Crippen molar-refractivity contribution >= 4 is 41.1 Å². The Morgan fingerprint density at radius 1 is 0.889 bits per heavy atom. The van der Waals surface area contributed by atoms with Crippen molar-refractivity contribution in [1.82, 2.24) is 15.0 Å². The number of nitro groups is 1. The van der Waals surface area contributed by atoms with Gasteiger partial charge < -0.3 is 25.6 Å². The van der Waals surface area contributed by atoms with Crippen LogP contribution in [-0.4, -0.2) is 43.4 Å². The summed E-state index contributed by atoms with van der Waals surface area (Å²) in [4.78, 5) is 23.3. The van der Waals surface area contributed by atoms with Crippen molar-refractivity contribution in [2.45, 2.75) is 0 Å². The molecule has 0 saturated heterocycles. The molecule has 0 bridgehead atoms. The van der Waals surface area contributed by atoms with Gasteiger partial charge in [-0.05, 0) is 48.5 Å². The quantitative estimate of drug-likeness (QED) is 0.130. The van der Waals surface area contributed by atoms with Crippen molar-refractivity contribution in [3.63, 3.8) is 0 Å². The van der Waals surface area contributed by atoms with Crippen LogP contribution in [0.15, 0.2) is 71.8 Å². The van der Waals surface area contributed by atoms with Crippen LogP contribution in [0.5, 0.6) is 17.2 Å². The first-order valence-electron chi connectivity index (χ1n) is 10.4. The van der Waals surface area contributed by atoms with Crippen LogP contribution < -0.4 is 20.8 Å². The first-order chi connectivity index (χ1) is 17.4. The van der Waals surface area contributed by atoms with Crippen molar-refractivity contribution < 1.29 is 19.9 Å². The van der Waals surface area contributed by atoms with Crippen LogP contribution in [-0.2, 0) is 0 Å². The number of nitro benzene ring substituents is 1. The van der Waals surface area contributed by atoms with Gasteiger partial charge in [-0.3, -0.25) is 10.1 Å². The third-order valence-corrected chi connectivity index (χ3v) is 4.70. The number of phenolic OH excluding ortho intramolecular Hbond substituents is 2. The van der Waals surface area contributed by atoms with Gasteiger partial charge in [-0.15, -0.1) is 0 Å². The number of non-ortho nitro benzene ring substituents is 1. The highest BCUT2D eigenvalue weighted by Crippen LogP contribution is 2.23. The molecule has 0 aliphatic heterocycles. The second-order valence-electron chi connectivity index (χ2n) is 7.20. The predicted octanol–water partition coefficient (Wildman–Crippen LogP) is 4.13. The van der Waals surface area contributed by atoms with E-state index in [1.165, 1.54) is 48.7 Å². The Kier molecular flexibility index (Phi) is 7.01. The normalized spacial score (nSPS) is 10.7. The van der Waals surface area contributed by atoms with Crippen LogP contribution in [0.25, 0.3) is 0 Å². The molecule has 0 amide bonds. The Balaban J connectivity index is 1.58. The highest BCUT2D eigenvalue weighted by atomic mass is 16.6. The van der Waals surface area contributed by atoms with E-state index in [0.29, 0.717) is 22.7 Å². The fourth-order valence-electron chi connectivity index (χ4n) is 2.94. The van der Waals surface area contributed by atoms with Gasteiger partial charge in [-0.2, -0.15) is 20.1 Å². The number of anilines is 5. The number of rotatable bonds is 9. The fraction of sp³-hybridized carbons (Fsp3) is 0.0435. The molecule has 36 heavy (non-hydrogen) atoms. The molecule has 13 nitrogen and oxygen atoms in total. The number of hydrogen-bond donors (Lipinski definition) is 5. The molecule has 1 aromatic heterocycles. The molecule has 4 aromatic rings. The third-order valence-electron chi connectivity index (χ3n) is 4.70. The highest BCUT2D eigenvalue weighted by molar-refractivity contribution is 5.84. The molecule has 182 valence electrons. The number of hydrogen-bond acceptors (Lipinski definition) is 12. The molecule has 4 rings (SSSR count). The summed E-state index contributed by atoms with van der Waals surface area (Å²) in [6.07, 6.45) is 1.33. The van der Waals surface area contributed by atoms with Gasteiger partial charge in [0.15, 0.2) is 0 Å². The van der Waals surface area contributed by atoms with Gasteiger partial charge in [0.05, 0.1) is 18.2 Å². The maximum atomic E-state index is 10.9. The van der Waals surface area contributed by atoms with E-state index in [9.17, 15) is 20.3 Å². The molecule has 5 N–H and O–H groups in total. The van der Waals surface area contributed by atoms with Crippen molar-refractivity contribution in [3.05, 3.63) is 82.4 Å². The van der Waals surface area contributed by atoms with Crippen LogP contribution in [0.4, 0.5) is 34.9 Å². The Labute approximate surface area is 204 Å². The summed E-state index contributed by atoms with van der Waals surface area (Å²) in [5.74, 6) is 0.848. The van der Waals surface area contributed by atoms with E-state index >= 15 is 0 Å². The lowest BCUT2D eigenvalue weighted by Crippen LogP contribution is -2.07. The van der Waals surface area contributed by atoms with Crippen molar-refractivity contribution in [3.8, 4) is 17.2 Å². The van der Waals surface area contributed by atoms with Gasteiger partial charge in [0.2, 0.25) is 17.8 Å². The third kappa shape index (κ3) is 6.11. The lowest BCUT2D eigenvalue weighted by Gasteiger charge is -2.10. The van der Waals surface area contributed by atoms with E-state index in [2.05, 4.69) is 36.1 Å². The predicted molar refractivity (Wildman–Crippen MR) is 133 cm³/mol. The average Bonchev–Trinajstić information content (AvgIpc) is 2.86. The number of aromatic hydroxyl groups is 2. The molecule has 3 aromatic carbocycles. The molecular formula is C23H20N8O5. The topological polar surface area (TPSA) is 180 Å². The molecule has 0 aliphatic carbocycles. The van der Waals surface area contributed by atoms with E-state index in [-0.39, 0.29) is 35.0 Å². The Hall–Kier alpha value is -5.46. The first-order valence-corrected chi connectivity index (χ1v) is 10.4.